The van der Waals surface area contributed by atoms with E-state index in [9.17, 15) is 4.79 Å². The van der Waals surface area contributed by atoms with E-state index in [2.05, 4.69) is 19.2 Å². The first-order valence-electron chi connectivity index (χ1n) is 8.47. The van der Waals surface area contributed by atoms with Gasteiger partial charge in [-0.2, -0.15) is 0 Å². The summed E-state index contributed by atoms with van der Waals surface area (Å²) in [6, 6.07) is 0.615. The molecule has 2 rings (SSSR count). The molecule has 2 fully saturated rings. The number of amides is 1. The number of carbonyl (C=O) groups excluding carboxylic acids is 1. The summed E-state index contributed by atoms with van der Waals surface area (Å²) in [5.41, 5.74) is -0.0194. The van der Waals surface area contributed by atoms with Gasteiger partial charge in [0.2, 0.25) is 0 Å². The number of ether oxygens (including phenoxy) is 2. The highest BCUT2D eigenvalue weighted by Crippen LogP contribution is 2.36. The molecule has 0 aromatic rings. The van der Waals surface area contributed by atoms with Crippen LogP contribution in [0.3, 0.4) is 0 Å². The third-order valence-electron chi connectivity index (χ3n) is 4.47. The summed E-state index contributed by atoms with van der Waals surface area (Å²) in [4.78, 5) is 14.2. The summed E-state index contributed by atoms with van der Waals surface area (Å²) in [6.07, 6.45) is 3.45. The number of rotatable bonds is 3. The monoisotopic (exact) mass is 312 g/mol. The lowest BCUT2D eigenvalue weighted by Crippen LogP contribution is -2.54. The predicted octanol–water partition coefficient (Wildman–Crippen LogP) is 2.79. The van der Waals surface area contributed by atoms with E-state index in [0.717, 1.165) is 6.54 Å². The van der Waals surface area contributed by atoms with Crippen molar-refractivity contribution in [1.82, 2.24) is 10.2 Å². The van der Waals surface area contributed by atoms with Gasteiger partial charge >= 0.3 is 6.09 Å². The van der Waals surface area contributed by atoms with Crippen LogP contribution in [0.25, 0.3) is 0 Å². The fourth-order valence-electron chi connectivity index (χ4n) is 3.30. The van der Waals surface area contributed by atoms with Crippen molar-refractivity contribution < 1.29 is 14.3 Å². The standard InChI is InChI=1S/C17H32N2O3/c1-16(2,3)22-15(20)19-8-9-21-12-14(19)11-18-13-6-7-17(4,5)10-13/h13-14,18H,6-12H2,1-5H3. The Morgan fingerprint density at radius 3 is 2.73 bits per heavy atom. The van der Waals surface area contributed by atoms with Crippen molar-refractivity contribution in [1.29, 1.82) is 0 Å². The second-order valence-electron chi connectivity index (χ2n) is 8.41. The van der Waals surface area contributed by atoms with Crippen LogP contribution in [0.1, 0.15) is 53.9 Å². The molecule has 22 heavy (non-hydrogen) atoms. The molecule has 0 bridgehead atoms. The van der Waals surface area contributed by atoms with Gasteiger partial charge in [-0.1, -0.05) is 13.8 Å². The van der Waals surface area contributed by atoms with E-state index in [-0.39, 0.29) is 12.1 Å². The van der Waals surface area contributed by atoms with E-state index < -0.39 is 5.60 Å². The topological polar surface area (TPSA) is 50.8 Å². The Bertz CT molecular complexity index is 390. The van der Waals surface area contributed by atoms with Crippen LogP contribution in [0.4, 0.5) is 4.79 Å². The van der Waals surface area contributed by atoms with Gasteiger partial charge in [-0.25, -0.2) is 4.79 Å². The lowest BCUT2D eigenvalue weighted by Gasteiger charge is -2.37. The molecule has 1 amide bonds. The Kier molecular flexibility index (Phi) is 5.38. The number of hydrogen-bond donors (Lipinski definition) is 1. The number of nitrogens with zero attached hydrogens (tertiary/aromatic N) is 1. The van der Waals surface area contributed by atoms with Crippen molar-refractivity contribution in [2.75, 3.05) is 26.3 Å². The van der Waals surface area contributed by atoms with Gasteiger partial charge in [0.25, 0.3) is 0 Å². The van der Waals surface area contributed by atoms with Crippen molar-refractivity contribution >= 4 is 6.09 Å². The molecule has 1 saturated heterocycles. The largest absolute Gasteiger partial charge is 0.444 e. The smallest absolute Gasteiger partial charge is 0.410 e. The SMILES string of the molecule is CC1(C)CCC(NCC2COCCN2C(=O)OC(C)(C)C)C1. The van der Waals surface area contributed by atoms with Gasteiger partial charge in [0.05, 0.1) is 19.3 Å². The maximum atomic E-state index is 12.3. The highest BCUT2D eigenvalue weighted by Gasteiger charge is 2.34. The fraction of sp³-hybridized carbons (Fsp3) is 0.941. The van der Waals surface area contributed by atoms with Crippen LogP contribution in [0, 0.1) is 5.41 Å². The molecule has 1 aliphatic carbocycles. The molecule has 1 heterocycles. The van der Waals surface area contributed by atoms with Crippen molar-refractivity contribution in [3.8, 4) is 0 Å². The van der Waals surface area contributed by atoms with Crippen LogP contribution in [0.5, 0.6) is 0 Å². The number of morpholine rings is 1. The Hall–Kier alpha value is -0.810. The zero-order valence-corrected chi connectivity index (χ0v) is 14.8. The maximum Gasteiger partial charge on any atom is 0.410 e. The zero-order chi connectivity index (χ0) is 16.4. The lowest BCUT2D eigenvalue weighted by atomic mass is 9.92. The van der Waals surface area contributed by atoms with Gasteiger partial charge in [0.15, 0.2) is 0 Å². The molecule has 5 heteroatoms. The molecular formula is C17H32N2O3. The van der Waals surface area contributed by atoms with Crippen LogP contribution < -0.4 is 5.32 Å². The molecule has 2 aliphatic rings. The lowest BCUT2D eigenvalue weighted by molar-refractivity contribution is -0.0322. The van der Waals surface area contributed by atoms with Crippen molar-refractivity contribution in [3.05, 3.63) is 0 Å². The molecular weight excluding hydrogens is 280 g/mol. The summed E-state index contributed by atoms with van der Waals surface area (Å²) >= 11 is 0. The highest BCUT2D eigenvalue weighted by molar-refractivity contribution is 5.68. The summed E-state index contributed by atoms with van der Waals surface area (Å²) < 4.78 is 11.1. The third kappa shape index (κ3) is 5.13. The van der Waals surface area contributed by atoms with Gasteiger partial charge < -0.3 is 14.8 Å². The molecule has 2 atom stereocenters. The number of nitrogens with one attached hydrogen (secondary N) is 1. The molecule has 0 radical (unpaired) electrons. The fourth-order valence-corrected chi connectivity index (χ4v) is 3.30. The first-order chi connectivity index (χ1) is 10.2. The quantitative estimate of drug-likeness (QED) is 0.870. The van der Waals surface area contributed by atoms with Gasteiger partial charge in [-0.15, -0.1) is 0 Å². The van der Waals surface area contributed by atoms with Crippen LogP contribution in [-0.4, -0.2) is 55.0 Å². The second-order valence-corrected chi connectivity index (χ2v) is 8.41. The van der Waals surface area contributed by atoms with Gasteiger partial charge in [0, 0.05) is 19.1 Å². The van der Waals surface area contributed by atoms with E-state index in [1.807, 2.05) is 25.7 Å². The summed E-state index contributed by atoms with van der Waals surface area (Å²) in [6.45, 7) is 12.9. The summed E-state index contributed by atoms with van der Waals surface area (Å²) in [7, 11) is 0. The Morgan fingerprint density at radius 2 is 2.14 bits per heavy atom. The minimum atomic E-state index is -0.456. The first kappa shape index (κ1) is 17.5. The second kappa shape index (κ2) is 6.75. The van der Waals surface area contributed by atoms with E-state index in [4.69, 9.17) is 9.47 Å². The van der Waals surface area contributed by atoms with Crippen LogP contribution in [0.2, 0.25) is 0 Å². The average Bonchev–Trinajstić information content (AvgIpc) is 2.74. The van der Waals surface area contributed by atoms with E-state index >= 15 is 0 Å². The molecule has 0 spiro atoms. The Morgan fingerprint density at radius 1 is 1.41 bits per heavy atom. The number of carbonyl (C=O) groups is 1. The Labute approximate surface area is 134 Å². The van der Waals surface area contributed by atoms with Crippen LogP contribution >= 0.6 is 0 Å². The molecule has 0 aromatic carbocycles. The maximum absolute atomic E-state index is 12.3. The summed E-state index contributed by atoms with van der Waals surface area (Å²) in [5.74, 6) is 0. The van der Waals surface area contributed by atoms with Gasteiger partial charge in [0.1, 0.15) is 5.60 Å². The molecule has 5 nitrogen and oxygen atoms in total. The molecule has 1 saturated carbocycles. The molecule has 0 aromatic heterocycles. The summed E-state index contributed by atoms with van der Waals surface area (Å²) in [5, 5.41) is 3.63. The molecule has 2 unspecified atom stereocenters. The third-order valence-corrected chi connectivity index (χ3v) is 4.47. The molecule has 1 aliphatic heterocycles. The zero-order valence-electron chi connectivity index (χ0n) is 14.8. The predicted molar refractivity (Wildman–Crippen MR) is 87.0 cm³/mol. The normalized spacial score (nSPS) is 28.7. The highest BCUT2D eigenvalue weighted by atomic mass is 16.6. The minimum absolute atomic E-state index is 0.0623. The van der Waals surface area contributed by atoms with Crippen molar-refractivity contribution in [3.63, 3.8) is 0 Å². The van der Waals surface area contributed by atoms with E-state index in [1.54, 1.807) is 0 Å². The average molecular weight is 312 g/mol. The number of hydrogen-bond acceptors (Lipinski definition) is 4. The van der Waals surface area contributed by atoms with Gasteiger partial charge in [-0.05, 0) is 45.4 Å². The minimum Gasteiger partial charge on any atom is -0.444 e. The van der Waals surface area contributed by atoms with E-state index in [0.29, 0.717) is 31.2 Å². The van der Waals surface area contributed by atoms with Crippen molar-refractivity contribution in [2.24, 2.45) is 5.41 Å². The van der Waals surface area contributed by atoms with Crippen LogP contribution in [0.15, 0.2) is 0 Å². The van der Waals surface area contributed by atoms with Gasteiger partial charge in [-0.3, -0.25) is 4.90 Å². The molecule has 1 N–H and O–H groups in total. The first-order valence-corrected chi connectivity index (χ1v) is 8.47. The molecule has 128 valence electrons. The van der Waals surface area contributed by atoms with E-state index in [1.165, 1.54) is 19.3 Å². The van der Waals surface area contributed by atoms with Crippen LogP contribution in [-0.2, 0) is 9.47 Å². The van der Waals surface area contributed by atoms with Crippen molar-refractivity contribution in [2.45, 2.75) is 71.6 Å². The Balaban J connectivity index is 1.86.